The fraction of sp³-hybridized carbons (Fsp3) is 0.615. The van der Waals surface area contributed by atoms with E-state index < -0.39 is 0 Å². The molecule has 0 radical (unpaired) electrons. The van der Waals surface area contributed by atoms with Gasteiger partial charge in [-0.3, -0.25) is 4.79 Å². The second-order valence-electron chi connectivity index (χ2n) is 5.45. The Balaban J connectivity index is 2.22. The van der Waals surface area contributed by atoms with E-state index in [0.717, 1.165) is 6.54 Å². The molecule has 17 heavy (non-hydrogen) atoms. The van der Waals surface area contributed by atoms with Crippen LogP contribution in [0.4, 0.5) is 0 Å². The monoisotopic (exact) mass is 237 g/mol. The number of aromatic nitrogens is 1. The number of nitrogens with one attached hydrogen (secondary N) is 1. The van der Waals surface area contributed by atoms with E-state index in [1.54, 1.807) is 0 Å². The van der Waals surface area contributed by atoms with Crippen LogP contribution < -0.4 is 11.1 Å². The lowest BCUT2D eigenvalue weighted by molar-refractivity contribution is -0.121. The summed E-state index contributed by atoms with van der Waals surface area (Å²) in [7, 11) is 0. The summed E-state index contributed by atoms with van der Waals surface area (Å²) in [6, 6.07) is 3.84. The minimum absolute atomic E-state index is 0.0274. The number of nitrogens with zero attached hydrogens (tertiary/aromatic N) is 1. The molecule has 1 amide bonds. The third-order valence-corrected chi connectivity index (χ3v) is 2.88. The van der Waals surface area contributed by atoms with Crippen molar-refractivity contribution in [3.63, 3.8) is 0 Å². The molecule has 1 unspecified atom stereocenters. The van der Waals surface area contributed by atoms with Crippen LogP contribution in [0.3, 0.4) is 0 Å². The number of amides is 1. The molecular formula is C13H23N3O. The first kappa shape index (κ1) is 13.8. The number of rotatable bonds is 5. The van der Waals surface area contributed by atoms with Crippen LogP contribution >= 0.6 is 0 Å². The van der Waals surface area contributed by atoms with Gasteiger partial charge in [0.25, 0.3) is 0 Å². The second kappa shape index (κ2) is 5.87. The summed E-state index contributed by atoms with van der Waals surface area (Å²) in [4.78, 5) is 11.6. The Hall–Kier alpha value is -1.29. The van der Waals surface area contributed by atoms with Crippen LogP contribution in [0.15, 0.2) is 24.5 Å². The third kappa shape index (κ3) is 5.04. The highest BCUT2D eigenvalue weighted by Gasteiger charge is 2.22. The predicted molar refractivity (Wildman–Crippen MR) is 69.5 cm³/mol. The van der Waals surface area contributed by atoms with Crippen molar-refractivity contribution in [1.82, 2.24) is 9.88 Å². The van der Waals surface area contributed by atoms with Crippen molar-refractivity contribution in [2.24, 2.45) is 11.1 Å². The van der Waals surface area contributed by atoms with E-state index >= 15 is 0 Å². The van der Waals surface area contributed by atoms with Crippen molar-refractivity contribution in [1.29, 1.82) is 0 Å². The van der Waals surface area contributed by atoms with Crippen LogP contribution in [0.25, 0.3) is 0 Å². The summed E-state index contributed by atoms with van der Waals surface area (Å²) >= 11 is 0. The topological polar surface area (TPSA) is 60.1 Å². The SMILES string of the molecule is CC(C)(C)C(N)CC(=O)NCCn1cccc1. The first-order valence-electron chi connectivity index (χ1n) is 6.02. The Kier molecular flexibility index (Phi) is 4.75. The molecule has 4 heteroatoms. The van der Waals surface area contributed by atoms with Crippen LogP contribution in [-0.2, 0) is 11.3 Å². The first-order valence-corrected chi connectivity index (χ1v) is 6.02. The number of carbonyl (C=O) groups is 1. The zero-order chi connectivity index (χ0) is 12.9. The van der Waals surface area contributed by atoms with Crippen molar-refractivity contribution in [3.05, 3.63) is 24.5 Å². The van der Waals surface area contributed by atoms with Gasteiger partial charge in [0.15, 0.2) is 0 Å². The number of hydrogen-bond donors (Lipinski definition) is 2. The molecule has 0 aromatic carbocycles. The number of nitrogens with two attached hydrogens (primary N) is 1. The second-order valence-corrected chi connectivity index (χ2v) is 5.45. The number of hydrogen-bond acceptors (Lipinski definition) is 2. The van der Waals surface area contributed by atoms with Crippen molar-refractivity contribution in [2.45, 2.75) is 39.8 Å². The minimum Gasteiger partial charge on any atom is -0.354 e. The molecular weight excluding hydrogens is 214 g/mol. The summed E-state index contributed by atoms with van der Waals surface area (Å²) in [5.74, 6) is 0.0274. The molecule has 1 aromatic heterocycles. The molecule has 0 spiro atoms. The van der Waals surface area contributed by atoms with E-state index in [0.29, 0.717) is 13.0 Å². The molecule has 1 rings (SSSR count). The van der Waals surface area contributed by atoms with Crippen LogP contribution in [0.1, 0.15) is 27.2 Å². The Morgan fingerprint density at radius 2 is 1.94 bits per heavy atom. The fourth-order valence-corrected chi connectivity index (χ4v) is 1.42. The number of carbonyl (C=O) groups excluding carboxylic acids is 1. The highest BCUT2D eigenvalue weighted by atomic mass is 16.1. The van der Waals surface area contributed by atoms with Crippen LogP contribution in [-0.4, -0.2) is 23.1 Å². The summed E-state index contributed by atoms with van der Waals surface area (Å²) < 4.78 is 2.03. The van der Waals surface area contributed by atoms with E-state index in [1.165, 1.54) is 0 Å². The largest absolute Gasteiger partial charge is 0.354 e. The van der Waals surface area contributed by atoms with Gasteiger partial charge in [-0.1, -0.05) is 20.8 Å². The summed E-state index contributed by atoms with van der Waals surface area (Å²) in [6.45, 7) is 7.58. The summed E-state index contributed by atoms with van der Waals surface area (Å²) in [5, 5.41) is 2.88. The Labute approximate surface area is 103 Å². The molecule has 4 nitrogen and oxygen atoms in total. The lowest BCUT2D eigenvalue weighted by Gasteiger charge is -2.26. The quantitative estimate of drug-likeness (QED) is 0.812. The van der Waals surface area contributed by atoms with Crippen molar-refractivity contribution >= 4 is 5.91 Å². The highest BCUT2D eigenvalue weighted by Crippen LogP contribution is 2.19. The van der Waals surface area contributed by atoms with E-state index in [9.17, 15) is 4.79 Å². The lowest BCUT2D eigenvalue weighted by Crippen LogP contribution is -2.40. The van der Waals surface area contributed by atoms with Gasteiger partial charge in [0.05, 0.1) is 0 Å². The maximum absolute atomic E-state index is 11.6. The molecule has 0 saturated carbocycles. The lowest BCUT2D eigenvalue weighted by atomic mass is 9.85. The van der Waals surface area contributed by atoms with Crippen LogP contribution in [0, 0.1) is 5.41 Å². The molecule has 0 fully saturated rings. The van der Waals surface area contributed by atoms with E-state index in [4.69, 9.17) is 5.73 Å². The average Bonchev–Trinajstić information content (AvgIpc) is 2.69. The molecule has 1 atom stereocenters. The van der Waals surface area contributed by atoms with E-state index in [2.05, 4.69) is 5.32 Å². The maximum Gasteiger partial charge on any atom is 0.221 e. The van der Waals surface area contributed by atoms with Crippen molar-refractivity contribution in [2.75, 3.05) is 6.54 Å². The molecule has 1 heterocycles. The van der Waals surface area contributed by atoms with Gasteiger partial charge in [0.1, 0.15) is 0 Å². The molecule has 0 aliphatic carbocycles. The smallest absolute Gasteiger partial charge is 0.221 e. The van der Waals surface area contributed by atoms with Crippen LogP contribution in [0.2, 0.25) is 0 Å². The van der Waals surface area contributed by atoms with Gasteiger partial charge < -0.3 is 15.6 Å². The van der Waals surface area contributed by atoms with E-state index in [1.807, 2.05) is 49.9 Å². The maximum atomic E-state index is 11.6. The average molecular weight is 237 g/mol. The predicted octanol–water partition coefficient (Wildman–Crippen LogP) is 1.37. The van der Waals surface area contributed by atoms with Gasteiger partial charge in [0.2, 0.25) is 5.91 Å². The van der Waals surface area contributed by atoms with Gasteiger partial charge >= 0.3 is 0 Å². The molecule has 96 valence electrons. The zero-order valence-corrected chi connectivity index (χ0v) is 10.9. The Morgan fingerprint density at radius 1 is 1.35 bits per heavy atom. The van der Waals surface area contributed by atoms with Crippen molar-refractivity contribution in [3.8, 4) is 0 Å². The zero-order valence-electron chi connectivity index (χ0n) is 10.9. The fourth-order valence-electron chi connectivity index (χ4n) is 1.42. The summed E-state index contributed by atoms with van der Waals surface area (Å²) in [5.41, 5.74) is 5.92. The Bertz CT molecular complexity index is 338. The first-order chi connectivity index (χ1) is 7.89. The molecule has 0 aliphatic rings. The van der Waals surface area contributed by atoms with E-state index in [-0.39, 0.29) is 17.4 Å². The van der Waals surface area contributed by atoms with Gasteiger partial charge in [-0.2, -0.15) is 0 Å². The Morgan fingerprint density at radius 3 is 2.47 bits per heavy atom. The molecule has 0 aliphatic heterocycles. The summed E-state index contributed by atoms with van der Waals surface area (Å²) in [6.07, 6.45) is 4.34. The van der Waals surface area contributed by atoms with Gasteiger partial charge in [-0.15, -0.1) is 0 Å². The van der Waals surface area contributed by atoms with Gasteiger partial charge in [-0.05, 0) is 17.5 Å². The standard InChI is InChI=1S/C13H23N3O/c1-13(2,3)11(14)10-12(17)15-6-9-16-7-4-5-8-16/h4-5,7-8,11H,6,9-10,14H2,1-3H3,(H,15,17). The molecule has 3 N–H and O–H groups in total. The minimum atomic E-state index is -0.103. The normalized spacial score (nSPS) is 13.4. The highest BCUT2D eigenvalue weighted by molar-refractivity contribution is 5.76. The van der Waals surface area contributed by atoms with Gasteiger partial charge in [0, 0.05) is 37.9 Å². The molecule has 0 saturated heterocycles. The van der Waals surface area contributed by atoms with Crippen molar-refractivity contribution < 1.29 is 4.79 Å². The van der Waals surface area contributed by atoms with Gasteiger partial charge in [-0.25, -0.2) is 0 Å². The molecule has 0 bridgehead atoms. The van der Waals surface area contributed by atoms with Crippen LogP contribution in [0.5, 0.6) is 0 Å². The molecule has 1 aromatic rings. The third-order valence-electron chi connectivity index (χ3n) is 2.88.